The molecule has 3 heteroatoms. The van der Waals surface area contributed by atoms with Crippen LogP contribution in [0.15, 0.2) is 18.2 Å². The number of rotatable bonds is 3. The summed E-state index contributed by atoms with van der Waals surface area (Å²) in [4.78, 5) is 11.8. The van der Waals surface area contributed by atoms with Crippen molar-refractivity contribution >= 4 is 5.78 Å². The third kappa shape index (κ3) is 2.85. The standard InChI is InChI=1S/C12H14F2O/c1-7(2)8(3)12(15)9-4-10(13)6-11(14)5-9/h4-8H,1-3H3. The van der Waals surface area contributed by atoms with Gasteiger partial charge in [0.05, 0.1) is 0 Å². The first-order chi connectivity index (χ1) is 6.91. The summed E-state index contributed by atoms with van der Waals surface area (Å²) in [5.41, 5.74) is 0.105. The van der Waals surface area contributed by atoms with Crippen molar-refractivity contribution in [2.45, 2.75) is 20.8 Å². The Morgan fingerprint density at radius 1 is 1.07 bits per heavy atom. The molecule has 0 amide bonds. The molecule has 0 aromatic heterocycles. The molecule has 1 aromatic rings. The van der Waals surface area contributed by atoms with Crippen molar-refractivity contribution in [3.05, 3.63) is 35.4 Å². The Morgan fingerprint density at radius 3 is 1.93 bits per heavy atom. The molecule has 0 fully saturated rings. The van der Waals surface area contributed by atoms with E-state index in [1.807, 2.05) is 13.8 Å². The molecule has 1 unspecified atom stereocenters. The average molecular weight is 212 g/mol. The summed E-state index contributed by atoms with van der Waals surface area (Å²) in [6, 6.07) is 2.91. The van der Waals surface area contributed by atoms with Crippen molar-refractivity contribution in [2.24, 2.45) is 11.8 Å². The number of hydrogen-bond acceptors (Lipinski definition) is 1. The highest BCUT2D eigenvalue weighted by atomic mass is 19.1. The van der Waals surface area contributed by atoms with Crippen molar-refractivity contribution in [1.29, 1.82) is 0 Å². The van der Waals surface area contributed by atoms with Crippen LogP contribution in [-0.2, 0) is 0 Å². The molecule has 0 radical (unpaired) electrons. The lowest BCUT2D eigenvalue weighted by Gasteiger charge is -2.14. The number of carbonyl (C=O) groups excluding carboxylic acids is 1. The van der Waals surface area contributed by atoms with Crippen LogP contribution < -0.4 is 0 Å². The SMILES string of the molecule is CC(C)C(C)C(=O)c1cc(F)cc(F)c1. The summed E-state index contributed by atoms with van der Waals surface area (Å²) >= 11 is 0. The average Bonchev–Trinajstić information content (AvgIpc) is 2.13. The molecule has 15 heavy (non-hydrogen) atoms. The van der Waals surface area contributed by atoms with Crippen molar-refractivity contribution in [3.8, 4) is 0 Å². The molecule has 0 heterocycles. The fourth-order valence-electron chi connectivity index (χ4n) is 1.26. The topological polar surface area (TPSA) is 17.1 Å². The fraction of sp³-hybridized carbons (Fsp3) is 0.417. The summed E-state index contributed by atoms with van der Waals surface area (Å²) in [5, 5.41) is 0. The number of ketones is 1. The molecule has 1 rings (SSSR count). The smallest absolute Gasteiger partial charge is 0.166 e. The Bertz CT molecular complexity index is 352. The maximum Gasteiger partial charge on any atom is 0.166 e. The van der Waals surface area contributed by atoms with E-state index in [2.05, 4.69) is 0 Å². The lowest BCUT2D eigenvalue weighted by molar-refractivity contribution is 0.0899. The van der Waals surface area contributed by atoms with Gasteiger partial charge in [-0.05, 0) is 18.1 Å². The predicted molar refractivity (Wildman–Crippen MR) is 54.7 cm³/mol. The molecule has 0 spiro atoms. The van der Waals surface area contributed by atoms with Crippen molar-refractivity contribution in [1.82, 2.24) is 0 Å². The molecule has 0 N–H and O–H groups in total. The Labute approximate surface area is 88.1 Å². The highest BCUT2D eigenvalue weighted by Crippen LogP contribution is 2.18. The Balaban J connectivity index is 3.01. The summed E-state index contributed by atoms with van der Waals surface area (Å²) in [6.07, 6.45) is 0. The van der Waals surface area contributed by atoms with E-state index in [1.165, 1.54) is 0 Å². The highest BCUT2D eigenvalue weighted by Gasteiger charge is 2.19. The van der Waals surface area contributed by atoms with Crippen LogP contribution in [-0.4, -0.2) is 5.78 Å². The lowest BCUT2D eigenvalue weighted by Crippen LogP contribution is -2.17. The quantitative estimate of drug-likeness (QED) is 0.701. The van der Waals surface area contributed by atoms with Gasteiger partial charge in [-0.25, -0.2) is 8.78 Å². The van der Waals surface area contributed by atoms with Crippen LogP contribution in [0.3, 0.4) is 0 Å². The van der Waals surface area contributed by atoms with Crippen molar-refractivity contribution in [2.75, 3.05) is 0 Å². The van der Waals surface area contributed by atoms with Crippen LogP contribution in [0.2, 0.25) is 0 Å². The van der Waals surface area contributed by atoms with E-state index in [0.29, 0.717) is 0 Å². The zero-order valence-electron chi connectivity index (χ0n) is 9.05. The van der Waals surface area contributed by atoms with Crippen LogP contribution in [0, 0.1) is 23.5 Å². The third-order valence-electron chi connectivity index (χ3n) is 2.56. The minimum absolute atomic E-state index is 0.105. The number of Topliss-reactive ketones (excluding diaryl/α,β-unsaturated/α-hetero) is 1. The van der Waals surface area contributed by atoms with Gasteiger partial charge in [-0.1, -0.05) is 20.8 Å². The van der Waals surface area contributed by atoms with Gasteiger partial charge in [-0.15, -0.1) is 0 Å². The van der Waals surface area contributed by atoms with Gasteiger partial charge in [0.2, 0.25) is 0 Å². The van der Waals surface area contributed by atoms with E-state index in [9.17, 15) is 13.6 Å². The van der Waals surface area contributed by atoms with Gasteiger partial charge in [-0.3, -0.25) is 4.79 Å². The molecular formula is C12H14F2O. The van der Waals surface area contributed by atoms with E-state index in [1.54, 1.807) is 6.92 Å². The molecule has 0 saturated heterocycles. The van der Waals surface area contributed by atoms with Gasteiger partial charge in [0, 0.05) is 17.5 Å². The fourth-order valence-corrected chi connectivity index (χ4v) is 1.26. The Hall–Kier alpha value is -1.25. The second-order valence-corrected chi connectivity index (χ2v) is 4.06. The van der Waals surface area contributed by atoms with Crippen LogP contribution in [0.4, 0.5) is 8.78 Å². The van der Waals surface area contributed by atoms with Crippen LogP contribution >= 0.6 is 0 Å². The summed E-state index contributed by atoms with van der Waals surface area (Å²) in [7, 11) is 0. The van der Waals surface area contributed by atoms with Crippen molar-refractivity contribution in [3.63, 3.8) is 0 Å². The first-order valence-corrected chi connectivity index (χ1v) is 4.92. The summed E-state index contributed by atoms with van der Waals surface area (Å²) < 4.78 is 25.7. The van der Waals surface area contributed by atoms with E-state index < -0.39 is 11.6 Å². The van der Waals surface area contributed by atoms with Gasteiger partial charge in [0.15, 0.2) is 5.78 Å². The van der Waals surface area contributed by atoms with E-state index in [-0.39, 0.29) is 23.2 Å². The first kappa shape index (κ1) is 11.8. The summed E-state index contributed by atoms with van der Waals surface area (Å²) in [5.74, 6) is -1.72. The molecular weight excluding hydrogens is 198 g/mol. The first-order valence-electron chi connectivity index (χ1n) is 4.92. The van der Waals surface area contributed by atoms with Gasteiger partial charge in [0.1, 0.15) is 11.6 Å². The Kier molecular flexibility index (Phi) is 3.56. The van der Waals surface area contributed by atoms with Crippen LogP contribution in [0.1, 0.15) is 31.1 Å². The minimum Gasteiger partial charge on any atom is -0.294 e. The number of hydrogen-bond donors (Lipinski definition) is 0. The van der Waals surface area contributed by atoms with Gasteiger partial charge >= 0.3 is 0 Å². The molecule has 82 valence electrons. The van der Waals surface area contributed by atoms with Gasteiger partial charge in [0.25, 0.3) is 0 Å². The number of halogens is 2. The largest absolute Gasteiger partial charge is 0.294 e. The zero-order chi connectivity index (χ0) is 11.6. The molecule has 0 aliphatic rings. The lowest BCUT2D eigenvalue weighted by atomic mass is 9.90. The molecule has 1 atom stereocenters. The van der Waals surface area contributed by atoms with Gasteiger partial charge in [-0.2, -0.15) is 0 Å². The Morgan fingerprint density at radius 2 is 1.53 bits per heavy atom. The van der Waals surface area contributed by atoms with Crippen molar-refractivity contribution < 1.29 is 13.6 Å². The van der Waals surface area contributed by atoms with Gasteiger partial charge < -0.3 is 0 Å². The van der Waals surface area contributed by atoms with E-state index in [4.69, 9.17) is 0 Å². The maximum atomic E-state index is 12.9. The third-order valence-corrected chi connectivity index (χ3v) is 2.56. The molecule has 0 bridgehead atoms. The zero-order valence-corrected chi connectivity index (χ0v) is 9.05. The second kappa shape index (κ2) is 4.51. The van der Waals surface area contributed by atoms with E-state index in [0.717, 1.165) is 18.2 Å². The number of carbonyl (C=O) groups is 1. The predicted octanol–water partition coefficient (Wildman–Crippen LogP) is 3.44. The molecule has 0 aliphatic heterocycles. The van der Waals surface area contributed by atoms with Crippen LogP contribution in [0.5, 0.6) is 0 Å². The molecule has 1 nitrogen and oxygen atoms in total. The van der Waals surface area contributed by atoms with Crippen LogP contribution in [0.25, 0.3) is 0 Å². The number of benzene rings is 1. The molecule has 1 aromatic carbocycles. The molecule has 0 saturated carbocycles. The normalized spacial score (nSPS) is 12.9. The molecule has 0 aliphatic carbocycles. The maximum absolute atomic E-state index is 12.9. The summed E-state index contributed by atoms with van der Waals surface area (Å²) in [6.45, 7) is 5.56. The highest BCUT2D eigenvalue weighted by molar-refractivity contribution is 5.97. The minimum atomic E-state index is -0.714. The second-order valence-electron chi connectivity index (χ2n) is 4.06. The van der Waals surface area contributed by atoms with E-state index >= 15 is 0 Å². The monoisotopic (exact) mass is 212 g/mol.